The standard InChI is InChI=1S/C8H8F.ClH.Zn/c1-6-3-4-8(9)5-7(6)2;;/h3-5H,2H2,1H3;1H;/q-1;;+2/p-1. The summed E-state index contributed by atoms with van der Waals surface area (Å²) in [6.45, 7) is 5.55. The Kier molecular flexibility index (Phi) is 6.84. The first-order valence-corrected chi connectivity index (χ1v) is 2.78. The summed E-state index contributed by atoms with van der Waals surface area (Å²) in [6.07, 6.45) is 0. The summed E-state index contributed by atoms with van der Waals surface area (Å²) in [7, 11) is 0. The van der Waals surface area contributed by atoms with Crippen LogP contribution in [0.5, 0.6) is 0 Å². The van der Waals surface area contributed by atoms with Crippen molar-refractivity contribution in [1.82, 2.24) is 0 Å². The molecule has 0 spiro atoms. The molecule has 0 heterocycles. The van der Waals surface area contributed by atoms with Gasteiger partial charge < -0.3 is 12.4 Å². The minimum atomic E-state index is -0.217. The third-order valence-electron chi connectivity index (χ3n) is 1.31. The van der Waals surface area contributed by atoms with Crippen LogP contribution in [0.2, 0.25) is 0 Å². The average Bonchev–Trinajstić information content (AvgIpc) is 1.80. The van der Waals surface area contributed by atoms with E-state index in [1.165, 1.54) is 12.1 Å². The van der Waals surface area contributed by atoms with Gasteiger partial charge in [0.25, 0.3) is 0 Å². The van der Waals surface area contributed by atoms with Crippen molar-refractivity contribution >= 4 is 0 Å². The molecule has 0 aliphatic rings. The molecular formula is C8H8ClFZn. The third-order valence-corrected chi connectivity index (χ3v) is 1.31. The summed E-state index contributed by atoms with van der Waals surface area (Å²) < 4.78 is 12.3. The molecule has 1 aromatic carbocycles. The predicted octanol–water partition coefficient (Wildman–Crippen LogP) is -0.682. The van der Waals surface area contributed by atoms with Crippen LogP contribution in [0.1, 0.15) is 11.1 Å². The Labute approximate surface area is 85.4 Å². The van der Waals surface area contributed by atoms with Crippen LogP contribution in [0, 0.1) is 19.7 Å². The van der Waals surface area contributed by atoms with Crippen LogP contribution < -0.4 is 12.4 Å². The van der Waals surface area contributed by atoms with Gasteiger partial charge in [0.15, 0.2) is 0 Å². The Hall–Kier alpha value is -0.0666. The van der Waals surface area contributed by atoms with Crippen LogP contribution in [0.15, 0.2) is 18.2 Å². The van der Waals surface area contributed by atoms with E-state index in [1.807, 2.05) is 6.92 Å². The van der Waals surface area contributed by atoms with Crippen LogP contribution in [0.4, 0.5) is 4.39 Å². The maximum Gasteiger partial charge on any atom is 2.00 e. The maximum absolute atomic E-state index is 12.3. The molecule has 0 bridgehead atoms. The number of benzene rings is 1. The molecule has 0 atom stereocenters. The van der Waals surface area contributed by atoms with Gasteiger partial charge in [0.05, 0.1) is 5.82 Å². The van der Waals surface area contributed by atoms with Gasteiger partial charge >= 0.3 is 19.5 Å². The summed E-state index contributed by atoms with van der Waals surface area (Å²) in [5.74, 6) is -0.217. The number of hydrogen-bond acceptors (Lipinski definition) is 0. The van der Waals surface area contributed by atoms with Gasteiger partial charge in [-0.15, -0.1) is 12.1 Å². The molecule has 56 valence electrons. The van der Waals surface area contributed by atoms with E-state index in [2.05, 4.69) is 6.92 Å². The van der Waals surface area contributed by atoms with E-state index in [-0.39, 0.29) is 37.7 Å². The minimum absolute atomic E-state index is 0. The van der Waals surface area contributed by atoms with Crippen molar-refractivity contribution in [3.63, 3.8) is 0 Å². The molecule has 0 unspecified atom stereocenters. The molecule has 11 heavy (non-hydrogen) atoms. The average molecular weight is 224 g/mol. The molecule has 1 aromatic rings. The summed E-state index contributed by atoms with van der Waals surface area (Å²) >= 11 is 0. The van der Waals surface area contributed by atoms with Crippen molar-refractivity contribution in [3.8, 4) is 0 Å². The first kappa shape index (κ1) is 13.5. The maximum atomic E-state index is 12.3. The Bertz CT molecular complexity index is 225. The smallest absolute Gasteiger partial charge is 1.00 e. The topological polar surface area (TPSA) is 0 Å². The second-order valence-corrected chi connectivity index (χ2v) is 2.07. The molecule has 0 saturated carbocycles. The van der Waals surface area contributed by atoms with Crippen molar-refractivity contribution in [2.75, 3.05) is 0 Å². The van der Waals surface area contributed by atoms with Crippen LogP contribution in [0.3, 0.4) is 0 Å². The van der Waals surface area contributed by atoms with E-state index in [0.717, 1.165) is 11.1 Å². The van der Waals surface area contributed by atoms with Crippen LogP contribution in [-0.4, -0.2) is 0 Å². The molecule has 0 amide bonds. The number of halogens is 2. The fraction of sp³-hybridized carbons (Fsp3) is 0.125. The van der Waals surface area contributed by atoms with E-state index >= 15 is 0 Å². The Balaban J connectivity index is 0. The third kappa shape index (κ3) is 3.74. The van der Waals surface area contributed by atoms with Gasteiger partial charge in [0, 0.05) is 0 Å². The molecule has 0 nitrogen and oxygen atoms in total. The van der Waals surface area contributed by atoms with Gasteiger partial charge in [-0.25, -0.2) is 4.39 Å². The second kappa shape index (κ2) is 5.57. The first-order chi connectivity index (χ1) is 4.20. The van der Waals surface area contributed by atoms with E-state index < -0.39 is 0 Å². The molecule has 0 aliphatic heterocycles. The summed E-state index contributed by atoms with van der Waals surface area (Å²) in [4.78, 5) is 0. The van der Waals surface area contributed by atoms with E-state index in [1.54, 1.807) is 6.07 Å². The largest absolute Gasteiger partial charge is 2.00 e. The fourth-order valence-corrected chi connectivity index (χ4v) is 0.640. The molecule has 0 N–H and O–H groups in total. The zero-order valence-corrected chi connectivity index (χ0v) is 10.1. The van der Waals surface area contributed by atoms with E-state index in [4.69, 9.17) is 0 Å². The van der Waals surface area contributed by atoms with Crippen molar-refractivity contribution in [3.05, 3.63) is 42.1 Å². The molecule has 0 aliphatic carbocycles. The monoisotopic (exact) mass is 222 g/mol. The molecule has 0 fully saturated rings. The van der Waals surface area contributed by atoms with Crippen molar-refractivity contribution in [2.24, 2.45) is 0 Å². The first-order valence-electron chi connectivity index (χ1n) is 2.78. The zero-order valence-electron chi connectivity index (χ0n) is 6.40. The Morgan fingerprint density at radius 1 is 1.36 bits per heavy atom. The summed E-state index contributed by atoms with van der Waals surface area (Å²) in [5, 5.41) is 0. The summed E-state index contributed by atoms with van der Waals surface area (Å²) in [5.41, 5.74) is 1.78. The van der Waals surface area contributed by atoms with Gasteiger partial charge in [0.2, 0.25) is 0 Å². The van der Waals surface area contributed by atoms with E-state index in [9.17, 15) is 4.39 Å². The molecule has 3 heteroatoms. The molecule has 1 rings (SSSR count). The van der Waals surface area contributed by atoms with Crippen molar-refractivity contribution in [1.29, 1.82) is 0 Å². The SMILES string of the molecule is [CH2-]c1cc(F)ccc1C.[Cl-].[Zn+2]. The van der Waals surface area contributed by atoms with Crippen LogP contribution >= 0.6 is 0 Å². The Morgan fingerprint density at radius 2 is 1.91 bits per heavy atom. The van der Waals surface area contributed by atoms with Gasteiger partial charge in [-0.05, 0) is 0 Å². The fourth-order valence-electron chi connectivity index (χ4n) is 0.640. The van der Waals surface area contributed by atoms with Crippen molar-refractivity contribution < 1.29 is 36.3 Å². The molecule has 0 saturated heterocycles. The molecule has 0 aromatic heterocycles. The van der Waals surface area contributed by atoms with E-state index in [0.29, 0.717) is 0 Å². The van der Waals surface area contributed by atoms with Gasteiger partial charge in [0.1, 0.15) is 0 Å². The predicted molar refractivity (Wildman–Crippen MR) is 35.6 cm³/mol. The number of hydrogen-bond donors (Lipinski definition) is 0. The van der Waals surface area contributed by atoms with Crippen LogP contribution in [0.25, 0.3) is 0 Å². The zero-order chi connectivity index (χ0) is 6.85. The Morgan fingerprint density at radius 3 is 2.27 bits per heavy atom. The number of aryl methyl sites for hydroxylation is 1. The number of rotatable bonds is 0. The second-order valence-electron chi connectivity index (χ2n) is 2.07. The molecular weight excluding hydrogens is 216 g/mol. The van der Waals surface area contributed by atoms with Crippen LogP contribution in [-0.2, 0) is 19.5 Å². The van der Waals surface area contributed by atoms with Crippen molar-refractivity contribution in [2.45, 2.75) is 6.92 Å². The molecule has 0 radical (unpaired) electrons. The normalized spacial score (nSPS) is 7.82. The van der Waals surface area contributed by atoms with Gasteiger partial charge in [-0.1, -0.05) is 13.0 Å². The quantitative estimate of drug-likeness (QED) is 0.404. The summed E-state index contributed by atoms with van der Waals surface area (Å²) in [6, 6.07) is 4.58. The minimum Gasteiger partial charge on any atom is -1.00 e. The van der Waals surface area contributed by atoms with Gasteiger partial charge in [-0.2, -0.15) is 18.1 Å². The van der Waals surface area contributed by atoms with Gasteiger partial charge in [-0.3, -0.25) is 0 Å².